The Kier molecular flexibility index (Phi) is 5.72. The molecule has 0 saturated heterocycles. The van der Waals surface area contributed by atoms with E-state index in [4.69, 9.17) is 17.1 Å². The van der Waals surface area contributed by atoms with Crippen molar-refractivity contribution in [3.8, 4) is 0 Å². The van der Waals surface area contributed by atoms with Crippen LogP contribution in [-0.2, 0) is 10.2 Å². The Hall–Kier alpha value is -2.98. The Labute approximate surface area is 176 Å². The number of benzene rings is 2. The number of aromatic nitrogens is 1. The molecule has 0 spiro atoms. The van der Waals surface area contributed by atoms with Gasteiger partial charge in [0.1, 0.15) is 4.64 Å². The molecule has 1 fully saturated rings. The number of hydrogen-bond acceptors (Lipinski definition) is 3. The van der Waals surface area contributed by atoms with Crippen molar-refractivity contribution in [1.82, 2.24) is 4.73 Å². The third-order valence-corrected chi connectivity index (χ3v) is 5.78. The molecule has 1 unspecified atom stereocenters. The maximum Gasteiger partial charge on any atom is 0.333 e. The number of carbonyl (C=O) groups excluding carboxylic acids is 1. The second-order valence-corrected chi connectivity index (χ2v) is 7.73. The maximum absolute atomic E-state index is 12.1. The minimum absolute atomic E-state index is 0.0383. The van der Waals surface area contributed by atoms with Crippen molar-refractivity contribution in [1.29, 1.82) is 0 Å². The summed E-state index contributed by atoms with van der Waals surface area (Å²) < 4.78 is 1.81. The first kappa shape index (κ1) is 19.3. The lowest BCUT2D eigenvalue weighted by atomic mass is 9.85. The van der Waals surface area contributed by atoms with E-state index in [0.717, 1.165) is 6.42 Å². The average molecular weight is 402 g/mol. The lowest BCUT2D eigenvalue weighted by Crippen LogP contribution is -2.19. The van der Waals surface area contributed by atoms with Crippen LogP contribution in [0.15, 0.2) is 97.2 Å². The van der Waals surface area contributed by atoms with Crippen molar-refractivity contribution >= 4 is 18.2 Å². The van der Waals surface area contributed by atoms with Gasteiger partial charge in [0, 0.05) is 11.6 Å². The predicted octanol–water partition coefficient (Wildman–Crippen LogP) is 5.52. The van der Waals surface area contributed by atoms with Crippen molar-refractivity contribution in [3.63, 3.8) is 0 Å². The molecule has 1 aromatic heterocycles. The highest BCUT2D eigenvalue weighted by Gasteiger charge is 2.54. The van der Waals surface area contributed by atoms with E-state index in [2.05, 4.69) is 72.8 Å². The van der Waals surface area contributed by atoms with E-state index in [1.807, 2.05) is 6.07 Å². The standard InChI is InChI=1S/C25H23NO2S/c27-24(28-26-18-10-9-16-23(26)29)17-8-7-15-22-19-25(22,20-11-3-1-4-12-20)21-13-5-2-6-14-21/h1-7,9-16,18,22H,8,17,19H2/b15-7+. The van der Waals surface area contributed by atoms with Gasteiger partial charge in [0.25, 0.3) is 0 Å². The normalized spacial score (nSPS) is 17.2. The molecule has 0 N–H and O–H groups in total. The second kappa shape index (κ2) is 8.58. The van der Waals surface area contributed by atoms with Crippen LogP contribution in [0.1, 0.15) is 30.4 Å². The van der Waals surface area contributed by atoms with Crippen LogP contribution in [0.25, 0.3) is 0 Å². The number of hydrogen-bond donors (Lipinski definition) is 0. The van der Waals surface area contributed by atoms with E-state index < -0.39 is 0 Å². The van der Waals surface area contributed by atoms with Crippen molar-refractivity contribution in [3.05, 3.63) is 113 Å². The molecule has 1 aliphatic rings. The molecule has 4 heteroatoms. The average Bonchev–Trinajstić information content (AvgIpc) is 3.50. The second-order valence-electron chi connectivity index (χ2n) is 7.31. The smallest absolute Gasteiger partial charge is 0.333 e. The Balaban J connectivity index is 1.39. The lowest BCUT2D eigenvalue weighted by molar-refractivity contribution is -0.144. The van der Waals surface area contributed by atoms with Gasteiger partial charge in [0.05, 0.1) is 6.42 Å². The minimum atomic E-state index is -0.287. The van der Waals surface area contributed by atoms with Crippen LogP contribution in [0, 0.1) is 10.6 Å². The predicted molar refractivity (Wildman–Crippen MR) is 117 cm³/mol. The molecule has 2 aromatic carbocycles. The van der Waals surface area contributed by atoms with Crippen LogP contribution in [0.5, 0.6) is 0 Å². The Bertz CT molecular complexity index is 1020. The van der Waals surface area contributed by atoms with Crippen LogP contribution in [0.2, 0.25) is 0 Å². The summed E-state index contributed by atoms with van der Waals surface area (Å²) in [5.74, 6) is 0.149. The molecule has 1 aliphatic carbocycles. The van der Waals surface area contributed by atoms with E-state index in [1.165, 1.54) is 15.9 Å². The van der Waals surface area contributed by atoms with E-state index in [9.17, 15) is 4.79 Å². The SMILES string of the molecule is O=C(CC/C=C/C1CC1(c1ccccc1)c1ccccc1)On1ccccc1=S. The number of allylic oxidation sites excluding steroid dienone is 2. The van der Waals surface area contributed by atoms with Crippen molar-refractivity contribution in [2.45, 2.75) is 24.7 Å². The zero-order chi connectivity index (χ0) is 20.1. The number of pyridine rings is 1. The number of rotatable bonds is 7. The molecule has 0 amide bonds. The Morgan fingerprint density at radius 1 is 1.00 bits per heavy atom. The first-order chi connectivity index (χ1) is 14.2. The quantitative estimate of drug-likeness (QED) is 0.386. The molecule has 3 aromatic rings. The summed E-state index contributed by atoms with van der Waals surface area (Å²) in [7, 11) is 0. The molecule has 0 bridgehead atoms. The van der Waals surface area contributed by atoms with Gasteiger partial charge in [-0.1, -0.05) is 91.1 Å². The summed E-state index contributed by atoms with van der Waals surface area (Å²) >= 11 is 5.14. The molecule has 1 saturated carbocycles. The summed E-state index contributed by atoms with van der Waals surface area (Å²) in [4.78, 5) is 17.4. The van der Waals surface area contributed by atoms with Gasteiger partial charge < -0.3 is 4.84 Å². The molecular formula is C25H23NO2S. The van der Waals surface area contributed by atoms with E-state index in [1.54, 1.807) is 18.3 Å². The van der Waals surface area contributed by atoms with E-state index in [0.29, 0.717) is 23.4 Å². The Morgan fingerprint density at radius 2 is 1.62 bits per heavy atom. The van der Waals surface area contributed by atoms with Crippen LogP contribution < -0.4 is 4.84 Å². The summed E-state index contributed by atoms with van der Waals surface area (Å²) in [5.41, 5.74) is 2.73. The highest BCUT2D eigenvalue weighted by Crippen LogP contribution is 2.59. The molecule has 3 nitrogen and oxygen atoms in total. The van der Waals surface area contributed by atoms with Gasteiger partial charge in [0.15, 0.2) is 0 Å². The monoisotopic (exact) mass is 401 g/mol. The van der Waals surface area contributed by atoms with Crippen molar-refractivity contribution in [2.24, 2.45) is 5.92 Å². The fraction of sp³-hybridized carbons (Fsp3) is 0.200. The van der Waals surface area contributed by atoms with Crippen molar-refractivity contribution in [2.75, 3.05) is 0 Å². The fourth-order valence-corrected chi connectivity index (χ4v) is 4.10. The maximum atomic E-state index is 12.1. The lowest BCUT2D eigenvalue weighted by Gasteiger charge is -2.18. The number of nitrogens with zero attached hydrogens (tertiary/aromatic N) is 1. The Morgan fingerprint density at radius 3 is 2.24 bits per heavy atom. The zero-order valence-electron chi connectivity index (χ0n) is 16.1. The topological polar surface area (TPSA) is 31.2 Å². The van der Waals surface area contributed by atoms with Gasteiger partial charge >= 0.3 is 5.97 Å². The minimum Gasteiger partial charge on any atom is -0.336 e. The van der Waals surface area contributed by atoms with Gasteiger partial charge in [-0.15, -0.1) is 0 Å². The molecular weight excluding hydrogens is 378 g/mol. The molecule has 1 heterocycles. The zero-order valence-corrected chi connectivity index (χ0v) is 16.9. The highest BCUT2D eigenvalue weighted by atomic mass is 32.1. The third kappa shape index (κ3) is 4.22. The molecule has 1 atom stereocenters. The van der Waals surface area contributed by atoms with E-state index in [-0.39, 0.29) is 11.4 Å². The van der Waals surface area contributed by atoms with Crippen molar-refractivity contribution < 1.29 is 9.63 Å². The summed E-state index contributed by atoms with van der Waals surface area (Å²) in [6, 6.07) is 26.7. The van der Waals surface area contributed by atoms with Crippen LogP contribution in [0.4, 0.5) is 0 Å². The summed E-state index contributed by atoms with van der Waals surface area (Å²) in [6.45, 7) is 0. The first-order valence-electron chi connectivity index (χ1n) is 9.87. The van der Waals surface area contributed by atoms with Gasteiger partial charge in [-0.05, 0) is 42.0 Å². The third-order valence-electron chi connectivity index (χ3n) is 5.46. The molecule has 4 rings (SSSR count). The van der Waals surface area contributed by atoms with Gasteiger partial charge in [-0.25, -0.2) is 4.79 Å². The molecule has 146 valence electrons. The van der Waals surface area contributed by atoms with Crippen LogP contribution >= 0.6 is 12.2 Å². The molecule has 0 aliphatic heterocycles. The summed E-state index contributed by atoms with van der Waals surface area (Å²) in [5, 5.41) is 0. The fourth-order valence-electron chi connectivity index (χ4n) is 3.93. The number of carbonyl (C=O) groups is 1. The highest BCUT2D eigenvalue weighted by molar-refractivity contribution is 7.71. The van der Waals surface area contributed by atoms with Crippen LogP contribution in [0.3, 0.4) is 0 Å². The van der Waals surface area contributed by atoms with Crippen LogP contribution in [-0.4, -0.2) is 10.7 Å². The van der Waals surface area contributed by atoms with Gasteiger partial charge in [0.2, 0.25) is 0 Å². The first-order valence-corrected chi connectivity index (χ1v) is 10.3. The molecule has 29 heavy (non-hydrogen) atoms. The van der Waals surface area contributed by atoms with Gasteiger partial charge in [-0.3, -0.25) is 0 Å². The summed E-state index contributed by atoms with van der Waals surface area (Å²) in [6.07, 6.45) is 8.06. The van der Waals surface area contributed by atoms with E-state index >= 15 is 0 Å². The largest absolute Gasteiger partial charge is 0.336 e. The molecule has 0 radical (unpaired) electrons. The van der Waals surface area contributed by atoms with Gasteiger partial charge in [-0.2, -0.15) is 4.73 Å².